The van der Waals surface area contributed by atoms with Gasteiger partial charge in [0.1, 0.15) is 11.3 Å². The second kappa shape index (κ2) is 7.93. The van der Waals surface area contributed by atoms with Crippen molar-refractivity contribution >= 4 is 23.2 Å². The number of carbonyl (C=O) groups is 1. The molecule has 30 heavy (non-hydrogen) atoms. The smallest absolute Gasteiger partial charge is 0.271 e. The third-order valence-electron chi connectivity index (χ3n) is 5.39. The van der Waals surface area contributed by atoms with Crippen LogP contribution in [-0.4, -0.2) is 61.5 Å². The maximum atomic E-state index is 12.9. The SMILES string of the molecule is O=C(c1cc(-c2cccc(Cl)c2)n[nH]1)N1CCN(Cc2cn3ccccc3n2)CC1. The van der Waals surface area contributed by atoms with Gasteiger partial charge in [-0.1, -0.05) is 29.8 Å². The first-order chi connectivity index (χ1) is 14.7. The molecule has 0 saturated carbocycles. The Hall–Kier alpha value is -3.16. The van der Waals surface area contributed by atoms with E-state index in [1.54, 1.807) is 6.07 Å². The standard InChI is InChI=1S/C22H21ClN6O/c23-17-5-3-4-16(12-17)19-13-20(26-25-19)22(30)28-10-8-27(9-11-28)14-18-15-29-7-2-1-6-21(29)24-18/h1-7,12-13,15H,8-11,14H2,(H,25,26). The molecule has 5 rings (SSSR count). The molecule has 152 valence electrons. The zero-order chi connectivity index (χ0) is 20.5. The van der Waals surface area contributed by atoms with Gasteiger partial charge in [0.25, 0.3) is 5.91 Å². The number of nitrogens with zero attached hydrogens (tertiary/aromatic N) is 5. The number of piperazine rings is 1. The van der Waals surface area contributed by atoms with Gasteiger partial charge in [0.2, 0.25) is 0 Å². The van der Waals surface area contributed by atoms with Gasteiger partial charge in [0.05, 0.1) is 11.4 Å². The number of aromatic amines is 1. The first-order valence-electron chi connectivity index (χ1n) is 9.91. The third-order valence-corrected chi connectivity index (χ3v) is 5.62. The molecule has 1 N–H and O–H groups in total. The number of nitrogens with one attached hydrogen (secondary N) is 1. The molecule has 1 aromatic carbocycles. The predicted octanol–water partition coefficient (Wildman–Crippen LogP) is 3.34. The number of benzene rings is 1. The lowest BCUT2D eigenvalue weighted by atomic mass is 10.1. The van der Waals surface area contributed by atoms with E-state index < -0.39 is 0 Å². The lowest BCUT2D eigenvalue weighted by Crippen LogP contribution is -2.48. The highest BCUT2D eigenvalue weighted by Gasteiger charge is 2.24. The summed E-state index contributed by atoms with van der Waals surface area (Å²) < 4.78 is 2.03. The Labute approximate surface area is 178 Å². The highest BCUT2D eigenvalue weighted by molar-refractivity contribution is 6.30. The van der Waals surface area contributed by atoms with Crippen molar-refractivity contribution in [2.75, 3.05) is 26.2 Å². The molecule has 0 atom stereocenters. The van der Waals surface area contributed by atoms with Gasteiger partial charge in [-0.3, -0.25) is 14.8 Å². The summed E-state index contributed by atoms with van der Waals surface area (Å²) >= 11 is 6.06. The van der Waals surface area contributed by atoms with Crippen LogP contribution in [0.1, 0.15) is 16.2 Å². The van der Waals surface area contributed by atoms with Crippen molar-refractivity contribution in [3.63, 3.8) is 0 Å². The fraction of sp³-hybridized carbons (Fsp3) is 0.227. The first-order valence-corrected chi connectivity index (χ1v) is 10.3. The highest BCUT2D eigenvalue weighted by Crippen LogP contribution is 2.22. The van der Waals surface area contributed by atoms with Crippen molar-refractivity contribution < 1.29 is 4.79 Å². The van der Waals surface area contributed by atoms with Crippen LogP contribution in [0.2, 0.25) is 5.02 Å². The van der Waals surface area contributed by atoms with Crippen LogP contribution in [0.15, 0.2) is 60.9 Å². The van der Waals surface area contributed by atoms with Crippen molar-refractivity contribution in [3.8, 4) is 11.3 Å². The van der Waals surface area contributed by atoms with E-state index in [1.165, 1.54) is 0 Å². The van der Waals surface area contributed by atoms with Crippen LogP contribution in [0.25, 0.3) is 16.9 Å². The Bertz CT molecular complexity index is 1160. The van der Waals surface area contributed by atoms with Gasteiger partial charge in [0, 0.05) is 55.7 Å². The Kier molecular flexibility index (Phi) is 4.98. The summed E-state index contributed by atoms with van der Waals surface area (Å²) in [5.74, 6) is -0.0249. The van der Waals surface area contributed by atoms with Crippen LogP contribution in [-0.2, 0) is 6.54 Å². The van der Waals surface area contributed by atoms with E-state index >= 15 is 0 Å². The lowest BCUT2D eigenvalue weighted by Gasteiger charge is -2.34. The summed E-state index contributed by atoms with van der Waals surface area (Å²) in [6.45, 7) is 3.77. The Morgan fingerprint density at radius 3 is 2.73 bits per heavy atom. The molecule has 8 heteroatoms. The Morgan fingerprint density at radius 1 is 1.07 bits per heavy atom. The topological polar surface area (TPSA) is 69.5 Å². The van der Waals surface area contributed by atoms with E-state index in [0.717, 1.165) is 36.5 Å². The number of halogens is 1. The molecule has 0 bridgehead atoms. The number of H-pyrrole nitrogens is 1. The summed E-state index contributed by atoms with van der Waals surface area (Å²) in [5.41, 5.74) is 4.09. The van der Waals surface area contributed by atoms with Gasteiger partial charge in [-0.25, -0.2) is 4.98 Å². The van der Waals surface area contributed by atoms with Crippen LogP contribution in [0, 0.1) is 0 Å². The van der Waals surface area contributed by atoms with Crippen molar-refractivity contribution in [1.82, 2.24) is 29.4 Å². The minimum Gasteiger partial charge on any atom is -0.335 e. The average Bonchev–Trinajstić information content (AvgIpc) is 3.41. The number of imidazole rings is 1. The number of fused-ring (bicyclic) bond motifs is 1. The number of amides is 1. The quantitative estimate of drug-likeness (QED) is 0.549. The van der Waals surface area contributed by atoms with E-state index in [4.69, 9.17) is 11.6 Å². The van der Waals surface area contributed by atoms with Gasteiger partial charge in [-0.15, -0.1) is 0 Å². The lowest BCUT2D eigenvalue weighted by molar-refractivity contribution is 0.0621. The number of aromatic nitrogens is 4. The van der Waals surface area contributed by atoms with Gasteiger partial charge in [0.15, 0.2) is 0 Å². The van der Waals surface area contributed by atoms with Gasteiger partial charge in [-0.2, -0.15) is 5.10 Å². The van der Waals surface area contributed by atoms with E-state index in [9.17, 15) is 4.79 Å². The van der Waals surface area contributed by atoms with Crippen molar-refractivity contribution in [2.24, 2.45) is 0 Å². The number of hydrogen-bond donors (Lipinski definition) is 1. The second-order valence-corrected chi connectivity index (χ2v) is 7.88. The van der Waals surface area contributed by atoms with Crippen molar-refractivity contribution in [3.05, 3.63) is 77.3 Å². The maximum Gasteiger partial charge on any atom is 0.271 e. The molecule has 1 fully saturated rings. The number of pyridine rings is 1. The third kappa shape index (κ3) is 3.81. The van der Waals surface area contributed by atoms with Crippen LogP contribution < -0.4 is 0 Å². The molecule has 4 aromatic rings. The van der Waals surface area contributed by atoms with Crippen LogP contribution in [0.3, 0.4) is 0 Å². The molecule has 0 unspecified atom stereocenters. The molecule has 7 nitrogen and oxygen atoms in total. The Morgan fingerprint density at radius 2 is 1.93 bits per heavy atom. The molecule has 0 aliphatic carbocycles. The molecule has 1 saturated heterocycles. The second-order valence-electron chi connectivity index (χ2n) is 7.44. The largest absolute Gasteiger partial charge is 0.335 e. The number of hydrogen-bond acceptors (Lipinski definition) is 4. The minimum absolute atomic E-state index is 0.0249. The fourth-order valence-electron chi connectivity index (χ4n) is 3.80. The van der Waals surface area contributed by atoms with Crippen molar-refractivity contribution in [2.45, 2.75) is 6.54 Å². The number of carbonyl (C=O) groups excluding carboxylic acids is 1. The molecule has 0 radical (unpaired) electrons. The van der Waals surface area contributed by atoms with Gasteiger partial charge in [-0.05, 0) is 30.3 Å². The summed E-state index contributed by atoms with van der Waals surface area (Å²) in [6, 6.07) is 15.2. The van der Waals surface area contributed by atoms with Crippen LogP contribution in [0.4, 0.5) is 0 Å². The average molecular weight is 421 g/mol. The van der Waals surface area contributed by atoms with E-state index in [1.807, 2.05) is 58.0 Å². The number of rotatable bonds is 4. The maximum absolute atomic E-state index is 12.9. The summed E-state index contributed by atoms with van der Waals surface area (Å²) in [4.78, 5) is 21.8. The Balaban J connectivity index is 1.20. The zero-order valence-corrected chi connectivity index (χ0v) is 17.1. The monoisotopic (exact) mass is 420 g/mol. The summed E-state index contributed by atoms with van der Waals surface area (Å²) in [5, 5.41) is 7.80. The molecule has 1 aliphatic rings. The van der Waals surface area contributed by atoms with E-state index in [2.05, 4.69) is 26.3 Å². The highest BCUT2D eigenvalue weighted by atomic mass is 35.5. The predicted molar refractivity (Wildman–Crippen MR) is 115 cm³/mol. The van der Waals surface area contributed by atoms with Crippen molar-refractivity contribution in [1.29, 1.82) is 0 Å². The van der Waals surface area contributed by atoms with Gasteiger partial charge >= 0.3 is 0 Å². The first kappa shape index (κ1) is 18.8. The minimum atomic E-state index is -0.0249. The van der Waals surface area contributed by atoms with E-state index in [0.29, 0.717) is 29.5 Å². The molecular formula is C22H21ClN6O. The fourth-order valence-corrected chi connectivity index (χ4v) is 3.99. The molecule has 1 aliphatic heterocycles. The normalized spacial score (nSPS) is 15.0. The summed E-state index contributed by atoms with van der Waals surface area (Å²) in [7, 11) is 0. The van der Waals surface area contributed by atoms with Gasteiger partial charge < -0.3 is 9.30 Å². The molecular weight excluding hydrogens is 400 g/mol. The van der Waals surface area contributed by atoms with Crippen LogP contribution >= 0.6 is 11.6 Å². The van der Waals surface area contributed by atoms with Crippen LogP contribution in [0.5, 0.6) is 0 Å². The summed E-state index contributed by atoms with van der Waals surface area (Å²) in [6.07, 6.45) is 4.07. The molecule has 0 spiro atoms. The molecule has 4 heterocycles. The molecule has 1 amide bonds. The molecule has 3 aromatic heterocycles. The van der Waals surface area contributed by atoms with E-state index in [-0.39, 0.29) is 5.91 Å². The zero-order valence-electron chi connectivity index (χ0n) is 16.3.